The minimum absolute atomic E-state index is 0.202. The number of hydrogen-bond acceptors (Lipinski definition) is 4. The Morgan fingerprint density at radius 2 is 1.65 bits per heavy atom. The molecule has 23 heavy (non-hydrogen) atoms. The molecule has 0 aliphatic carbocycles. The predicted octanol–water partition coefficient (Wildman–Crippen LogP) is 3.03. The van der Waals surface area contributed by atoms with Gasteiger partial charge in [-0.05, 0) is 58.7 Å². The second-order valence-electron chi connectivity index (χ2n) is 7.33. The van der Waals surface area contributed by atoms with Gasteiger partial charge in [0.05, 0.1) is 12.0 Å². The Balaban J connectivity index is 2.46. The van der Waals surface area contributed by atoms with Gasteiger partial charge >= 0.3 is 11.9 Å². The Labute approximate surface area is 138 Å². The summed E-state index contributed by atoms with van der Waals surface area (Å²) in [6, 6.07) is 6.85. The van der Waals surface area contributed by atoms with Crippen LogP contribution in [0.2, 0.25) is 0 Å². The molecule has 1 aromatic carbocycles. The van der Waals surface area contributed by atoms with Crippen molar-refractivity contribution in [2.75, 3.05) is 6.54 Å². The number of benzene rings is 1. The van der Waals surface area contributed by atoms with Crippen molar-refractivity contribution in [1.29, 1.82) is 0 Å². The van der Waals surface area contributed by atoms with E-state index in [2.05, 4.69) is 5.32 Å². The van der Waals surface area contributed by atoms with Crippen molar-refractivity contribution in [2.45, 2.75) is 58.6 Å². The van der Waals surface area contributed by atoms with Gasteiger partial charge in [0.2, 0.25) is 0 Å². The number of rotatable bonds is 7. The molecule has 0 atom stereocenters. The molecule has 0 radical (unpaired) electrons. The van der Waals surface area contributed by atoms with E-state index in [9.17, 15) is 9.59 Å². The van der Waals surface area contributed by atoms with Gasteiger partial charge in [-0.1, -0.05) is 12.1 Å². The first-order valence-corrected chi connectivity index (χ1v) is 7.78. The quantitative estimate of drug-likeness (QED) is 0.755. The van der Waals surface area contributed by atoms with Gasteiger partial charge in [-0.25, -0.2) is 4.79 Å². The summed E-state index contributed by atoms with van der Waals surface area (Å²) in [5, 5.41) is 12.2. The van der Waals surface area contributed by atoms with E-state index in [1.807, 2.05) is 46.8 Å². The Morgan fingerprint density at radius 3 is 2.13 bits per heavy atom. The van der Waals surface area contributed by atoms with E-state index >= 15 is 0 Å². The number of ether oxygens (including phenoxy) is 1. The van der Waals surface area contributed by atoms with Gasteiger partial charge in [-0.15, -0.1) is 0 Å². The number of hydrogen-bond donors (Lipinski definition) is 2. The monoisotopic (exact) mass is 321 g/mol. The summed E-state index contributed by atoms with van der Waals surface area (Å²) in [4.78, 5) is 22.5. The van der Waals surface area contributed by atoms with Crippen molar-refractivity contribution < 1.29 is 19.4 Å². The molecule has 1 rings (SSSR count). The Morgan fingerprint density at radius 1 is 1.09 bits per heavy atom. The lowest BCUT2D eigenvalue weighted by molar-refractivity contribution is -0.154. The normalized spacial score (nSPS) is 12.0. The second-order valence-corrected chi connectivity index (χ2v) is 7.33. The van der Waals surface area contributed by atoms with Gasteiger partial charge < -0.3 is 15.2 Å². The number of esters is 1. The topological polar surface area (TPSA) is 75.6 Å². The van der Waals surface area contributed by atoms with Crippen molar-refractivity contribution in [3.63, 3.8) is 0 Å². The molecular weight excluding hydrogens is 294 g/mol. The van der Waals surface area contributed by atoms with Gasteiger partial charge in [-0.3, -0.25) is 4.79 Å². The molecule has 0 heterocycles. The molecule has 128 valence electrons. The minimum Gasteiger partial charge on any atom is -0.478 e. The summed E-state index contributed by atoms with van der Waals surface area (Å²) in [5.41, 5.74) is 0.667. The molecule has 2 N–H and O–H groups in total. The molecule has 5 nitrogen and oxygen atoms in total. The van der Waals surface area contributed by atoms with Crippen LogP contribution < -0.4 is 5.32 Å². The van der Waals surface area contributed by atoms with E-state index in [1.54, 1.807) is 12.1 Å². The fraction of sp³-hybridized carbons (Fsp3) is 0.556. The number of carboxylic acid groups (broad SMARTS) is 1. The van der Waals surface area contributed by atoms with E-state index < -0.39 is 11.6 Å². The van der Waals surface area contributed by atoms with Crippen molar-refractivity contribution in [1.82, 2.24) is 5.32 Å². The van der Waals surface area contributed by atoms with Crippen LogP contribution in [0.3, 0.4) is 0 Å². The summed E-state index contributed by atoms with van der Waals surface area (Å²) >= 11 is 0. The molecule has 0 fully saturated rings. The zero-order valence-corrected chi connectivity index (χ0v) is 14.6. The largest absolute Gasteiger partial charge is 0.478 e. The maximum Gasteiger partial charge on any atom is 0.335 e. The van der Waals surface area contributed by atoms with E-state index in [0.717, 1.165) is 12.0 Å². The first-order valence-electron chi connectivity index (χ1n) is 7.78. The average Bonchev–Trinajstić information content (AvgIpc) is 2.36. The summed E-state index contributed by atoms with van der Waals surface area (Å²) in [6.07, 6.45) is 1.06. The first-order chi connectivity index (χ1) is 10.5. The highest BCUT2D eigenvalue weighted by Crippen LogP contribution is 2.14. The zero-order valence-electron chi connectivity index (χ0n) is 14.6. The third kappa shape index (κ3) is 7.79. The van der Waals surface area contributed by atoms with Crippen molar-refractivity contribution >= 4 is 11.9 Å². The predicted molar refractivity (Wildman–Crippen MR) is 89.6 cm³/mol. The molecule has 1 aromatic rings. The zero-order chi connectivity index (χ0) is 17.7. The van der Waals surface area contributed by atoms with Gasteiger partial charge in [0.25, 0.3) is 0 Å². The number of carbonyl (C=O) groups excluding carboxylic acids is 1. The summed E-state index contributed by atoms with van der Waals surface area (Å²) in [7, 11) is 0. The first kappa shape index (κ1) is 19.2. The Kier molecular flexibility index (Phi) is 6.33. The molecule has 0 unspecified atom stereocenters. The highest BCUT2D eigenvalue weighted by atomic mass is 16.6. The highest BCUT2D eigenvalue weighted by Gasteiger charge is 2.20. The van der Waals surface area contributed by atoms with Gasteiger partial charge in [-0.2, -0.15) is 0 Å². The molecule has 0 aromatic heterocycles. The van der Waals surface area contributed by atoms with Crippen molar-refractivity contribution in [3.05, 3.63) is 35.4 Å². The highest BCUT2D eigenvalue weighted by molar-refractivity contribution is 5.87. The van der Waals surface area contributed by atoms with E-state index in [4.69, 9.17) is 9.84 Å². The maximum atomic E-state index is 11.7. The van der Waals surface area contributed by atoms with Crippen LogP contribution in [-0.2, 0) is 16.0 Å². The number of aromatic carboxylic acids is 1. The number of carboxylic acids is 1. The van der Waals surface area contributed by atoms with Crippen LogP contribution in [0.25, 0.3) is 0 Å². The summed E-state index contributed by atoms with van der Waals surface area (Å²) in [6.45, 7) is 10.2. The summed E-state index contributed by atoms with van der Waals surface area (Å²) < 4.78 is 5.27. The van der Waals surface area contributed by atoms with E-state index in [0.29, 0.717) is 13.0 Å². The van der Waals surface area contributed by atoms with E-state index in [-0.39, 0.29) is 17.1 Å². The van der Waals surface area contributed by atoms with Crippen molar-refractivity contribution in [2.24, 2.45) is 0 Å². The molecule has 5 heteroatoms. The molecule has 0 amide bonds. The molecule has 0 saturated carbocycles. The molecule has 0 saturated heterocycles. The maximum absolute atomic E-state index is 11.7. The van der Waals surface area contributed by atoms with Crippen LogP contribution in [0, 0.1) is 0 Å². The molecule has 0 spiro atoms. The van der Waals surface area contributed by atoms with Crippen LogP contribution in [0.5, 0.6) is 0 Å². The SMILES string of the molecule is CC(C)(Cc1ccc(C(=O)O)cc1)NCCC(=O)OC(C)(C)C. The summed E-state index contributed by atoms with van der Waals surface area (Å²) in [5.74, 6) is -1.14. The van der Waals surface area contributed by atoms with Gasteiger partial charge in [0, 0.05) is 12.1 Å². The molecule has 0 aliphatic rings. The van der Waals surface area contributed by atoms with Gasteiger partial charge in [0.15, 0.2) is 0 Å². The number of carbonyl (C=O) groups is 2. The van der Waals surface area contributed by atoms with Crippen LogP contribution >= 0.6 is 0 Å². The molecule has 0 aliphatic heterocycles. The lowest BCUT2D eigenvalue weighted by Crippen LogP contribution is -2.42. The van der Waals surface area contributed by atoms with Gasteiger partial charge in [0.1, 0.15) is 5.60 Å². The van der Waals surface area contributed by atoms with E-state index in [1.165, 1.54) is 0 Å². The minimum atomic E-state index is -0.925. The van der Waals surface area contributed by atoms with Crippen LogP contribution in [0.4, 0.5) is 0 Å². The fourth-order valence-corrected chi connectivity index (χ4v) is 2.23. The third-order valence-corrected chi connectivity index (χ3v) is 3.20. The van der Waals surface area contributed by atoms with Crippen LogP contribution in [0.1, 0.15) is 57.0 Å². The Bertz CT molecular complexity index is 541. The van der Waals surface area contributed by atoms with Crippen LogP contribution in [0.15, 0.2) is 24.3 Å². The number of nitrogens with one attached hydrogen (secondary N) is 1. The second kappa shape index (κ2) is 7.59. The molecular formula is C18H27NO4. The third-order valence-electron chi connectivity index (χ3n) is 3.20. The lowest BCUT2D eigenvalue weighted by atomic mass is 9.94. The Hall–Kier alpha value is -1.88. The average molecular weight is 321 g/mol. The standard InChI is InChI=1S/C18H27NO4/c1-17(2,3)23-15(20)10-11-19-18(4,5)12-13-6-8-14(9-7-13)16(21)22/h6-9,19H,10-12H2,1-5H3,(H,21,22). The van der Waals surface area contributed by atoms with Crippen LogP contribution in [-0.4, -0.2) is 34.7 Å². The lowest BCUT2D eigenvalue weighted by Gasteiger charge is -2.27. The van der Waals surface area contributed by atoms with Crippen molar-refractivity contribution in [3.8, 4) is 0 Å². The fourth-order valence-electron chi connectivity index (χ4n) is 2.23. The smallest absolute Gasteiger partial charge is 0.335 e. The molecule has 0 bridgehead atoms.